The standard InChI is InChI=1S/C12H19ClN4O/c1-8-7-16(2)5-4-9(8)15-10-6-14-17(3)12(18)11(10)13/h6,8-9,15H,4-5,7H2,1-3H3. The van der Waals surface area contributed by atoms with Crippen molar-refractivity contribution in [2.24, 2.45) is 13.0 Å². The summed E-state index contributed by atoms with van der Waals surface area (Å²) in [6.07, 6.45) is 2.66. The summed E-state index contributed by atoms with van der Waals surface area (Å²) in [6, 6.07) is 0.340. The highest BCUT2D eigenvalue weighted by Crippen LogP contribution is 2.23. The number of rotatable bonds is 2. The molecular formula is C12H19ClN4O. The molecule has 0 radical (unpaired) electrons. The molecule has 1 aromatic rings. The van der Waals surface area contributed by atoms with Gasteiger partial charge >= 0.3 is 0 Å². The molecule has 1 fully saturated rings. The first-order valence-corrected chi connectivity index (χ1v) is 6.53. The van der Waals surface area contributed by atoms with Gasteiger partial charge < -0.3 is 10.2 Å². The number of aromatic nitrogens is 2. The average molecular weight is 271 g/mol. The van der Waals surface area contributed by atoms with Gasteiger partial charge in [-0.05, 0) is 25.9 Å². The maximum atomic E-state index is 11.7. The largest absolute Gasteiger partial charge is 0.379 e. The van der Waals surface area contributed by atoms with Crippen LogP contribution in [0.5, 0.6) is 0 Å². The number of anilines is 1. The molecule has 0 amide bonds. The average Bonchev–Trinajstić information content (AvgIpc) is 2.33. The van der Waals surface area contributed by atoms with Crippen LogP contribution < -0.4 is 10.9 Å². The van der Waals surface area contributed by atoms with Crippen LogP contribution in [0.25, 0.3) is 0 Å². The van der Waals surface area contributed by atoms with E-state index in [0.29, 0.717) is 17.6 Å². The van der Waals surface area contributed by atoms with Gasteiger partial charge in [0.1, 0.15) is 5.02 Å². The first kappa shape index (κ1) is 13.4. The van der Waals surface area contributed by atoms with Crippen molar-refractivity contribution in [2.45, 2.75) is 19.4 Å². The van der Waals surface area contributed by atoms with E-state index < -0.39 is 0 Å². The molecule has 5 nitrogen and oxygen atoms in total. The zero-order chi connectivity index (χ0) is 13.3. The van der Waals surface area contributed by atoms with Gasteiger partial charge in [-0.3, -0.25) is 4.79 Å². The Balaban J connectivity index is 2.15. The second kappa shape index (κ2) is 5.28. The van der Waals surface area contributed by atoms with Crippen molar-refractivity contribution in [2.75, 3.05) is 25.5 Å². The Morgan fingerprint density at radius 1 is 1.50 bits per heavy atom. The predicted molar refractivity (Wildman–Crippen MR) is 73.2 cm³/mol. The summed E-state index contributed by atoms with van der Waals surface area (Å²) in [5.74, 6) is 0.517. The normalized spacial score (nSPS) is 25.1. The van der Waals surface area contributed by atoms with E-state index in [1.54, 1.807) is 13.2 Å². The van der Waals surface area contributed by atoms with Crippen LogP contribution in [-0.2, 0) is 7.05 Å². The molecule has 0 saturated carbocycles. The fourth-order valence-corrected chi connectivity index (χ4v) is 2.61. The number of piperidine rings is 1. The Hall–Kier alpha value is -1.07. The third kappa shape index (κ3) is 2.67. The molecule has 0 aliphatic carbocycles. The molecule has 0 spiro atoms. The fraction of sp³-hybridized carbons (Fsp3) is 0.667. The van der Waals surface area contributed by atoms with E-state index in [2.05, 4.69) is 29.3 Å². The highest BCUT2D eigenvalue weighted by atomic mass is 35.5. The third-order valence-corrected chi connectivity index (χ3v) is 3.89. The summed E-state index contributed by atoms with van der Waals surface area (Å²) in [4.78, 5) is 14.0. The Kier molecular flexibility index (Phi) is 3.92. The third-order valence-electron chi connectivity index (χ3n) is 3.53. The minimum atomic E-state index is -0.262. The molecule has 2 atom stereocenters. The molecule has 2 heterocycles. The Morgan fingerprint density at radius 3 is 2.89 bits per heavy atom. The second-order valence-corrected chi connectivity index (χ2v) is 5.46. The van der Waals surface area contributed by atoms with Gasteiger partial charge in [-0.2, -0.15) is 5.10 Å². The molecule has 1 aliphatic rings. The summed E-state index contributed by atoms with van der Waals surface area (Å²) < 4.78 is 1.24. The summed E-state index contributed by atoms with van der Waals surface area (Å²) in [5, 5.41) is 7.57. The van der Waals surface area contributed by atoms with Gasteiger partial charge in [-0.1, -0.05) is 18.5 Å². The molecule has 1 aliphatic heterocycles. The number of nitrogens with zero attached hydrogens (tertiary/aromatic N) is 3. The molecule has 2 unspecified atom stereocenters. The van der Waals surface area contributed by atoms with Crippen LogP contribution in [0.2, 0.25) is 5.02 Å². The van der Waals surface area contributed by atoms with Gasteiger partial charge in [-0.25, -0.2) is 4.68 Å². The van der Waals surface area contributed by atoms with E-state index in [1.165, 1.54) is 4.68 Å². The molecule has 1 saturated heterocycles. The lowest BCUT2D eigenvalue weighted by atomic mass is 9.94. The summed E-state index contributed by atoms with van der Waals surface area (Å²) in [5.41, 5.74) is 0.378. The summed E-state index contributed by atoms with van der Waals surface area (Å²) >= 11 is 6.05. The van der Waals surface area contributed by atoms with E-state index in [4.69, 9.17) is 11.6 Å². The lowest BCUT2D eigenvalue weighted by molar-refractivity contribution is 0.206. The lowest BCUT2D eigenvalue weighted by Crippen LogP contribution is -2.43. The predicted octanol–water partition coefficient (Wildman–Crippen LogP) is 1.19. The number of hydrogen-bond acceptors (Lipinski definition) is 4. The van der Waals surface area contributed by atoms with Crippen LogP contribution in [0.15, 0.2) is 11.0 Å². The van der Waals surface area contributed by atoms with Crippen molar-refractivity contribution in [3.8, 4) is 0 Å². The number of halogens is 1. The van der Waals surface area contributed by atoms with E-state index in [1.807, 2.05) is 0 Å². The van der Waals surface area contributed by atoms with E-state index in [9.17, 15) is 4.79 Å². The zero-order valence-corrected chi connectivity index (χ0v) is 11.7. The molecule has 1 N–H and O–H groups in total. The van der Waals surface area contributed by atoms with Crippen LogP contribution in [-0.4, -0.2) is 40.9 Å². The van der Waals surface area contributed by atoms with Crippen molar-refractivity contribution in [3.63, 3.8) is 0 Å². The Morgan fingerprint density at radius 2 is 2.22 bits per heavy atom. The minimum Gasteiger partial charge on any atom is -0.379 e. The molecular weight excluding hydrogens is 252 g/mol. The second-order valence-electron chi connectivity index (χ2n) is 5.08. The number of nitrogens with one attached hydrogen (secondary N) is 1. The van der Waals surface area contributed by atoms with Gasteiger partial charge in [0.2, 0.25) is 0 Å². The molecule has 2 rings (SSSR count). The van der Waals surface area contributed by atoms with Crippen molar-refractivity contribution >= 4 is 17.3 Å². The smallest absolute Gasteiger partial charge is 0.287 e. The van der Waals surface area contributed by atoms with Crippen molar-refractivity contribution in [1.82, 2.24) is 14.7 Å². The van der Waals surface area contributed by atoms with Crippen molar-refractivity contribution in [1.29, 1.82) is 0 Å². The molecule has 0 aromatic carbocycles. The van der Waals surface area contributed by atoms with E-state index in [0.717, 1.165) is 19.5 Å². The van der Waals surface area contributed by atoms with Gasteiger partial charge in [-0.15, -0.1) is 0 Å². The highest BCUT2D eigenvalue weighted by Gasteiger charge is 2.24. The van der Waals surface area contributed by atoms with Crippen molar-refractivity contribution < 1.29 is 0 Å². The van der Waals surface area contributed by atoms with Gasteiger partial charge in [0.15, 0.2) is 0 Å². The minimum absolute atomic E-state index is 0.221. The first-order valence-electron chi connectivity index (χ1n) is 6.16. The zero-order valence-electron chi connectivity index (χ0n) is 11.0. The topological polar surface area (TPSA) is 50.2 Å². The molecule has 18 heavy (non-hydrogen) atoms. The van der Waals surface area contributed by atoms with E-state index >= 15 is 0 Å². The highest BCUT2D eigenvalue weighted by molar-refractivity contribution is 6.32. The fourth-order valence-electron chi connectivity index (χ4n) is 2.38. The van der Waals surface area contributed by atoms with Gasteiger partial charge in [0, 0.05) is 19.6 Å². The van der Waals surface area contributed by atoms with Crippen LogP contribution in [0.3, 0.4) is 0 Å². The molecule has 0 bridgehead atoms. The monoisotopic (exact) mass is 270 g/mol. The van der Waals surface area contributed by atoms with Crippen LogP contribution in [0.4, 0.5) is 5.69 Å². The maximum absolute atomic E-state index is 11.7. The summed E-state index contributed by atoms with van der Waals surface area (Å²) in [6.45, 7) is 4.31. The Bertz CT molecular complexity index is 487. The van der Waals surface area contributed by atoms with Crippen LogP contribution >= 0.6 is 11.6 Å². The molecule has 6 heteroatoms. The number of likely N-dealkylation sites (tertiary alicyclic amines) is 1. The summed E-state index contributed by atoms with van der Waals surface area (Å²) in [7, 11) is 3.72. The van der Waals surface area contributed by atoms with Crippen LogP contribution in [0.1, 0.15) is 13.3 Å². The number of hydrogen-bond donors (Lipinski definition) is 1. The lowest BCUT2D eigenvalue weighted by Gasteiger charge is -2.35. The molecule has 100 valence electrons. The Labute approximate surface area is 112 Å². The van der Waals surface area contributed by atoms with E-state index in [-0.39, 0.29) is 10.6 Å². The first-order chi connectivity index (χ1) is 8.49. The number of aryl methyl sites for hydroxylation is 1. The van der Waals surface area contributed by atoms with Crippen molar-refractivity contribution in [3.05, 3.63) is 21.6 Å². The van der Waals surface area contributed by atoms with Crippen LogP contribution in [0, 0.1) is 5.92 Å². The quantitative estimate of drug-likeness (QED) is 0.877. The molecule has 1 aromatic heterocycles. The maximum Gasteiger partial charge on any atom is 0.287 e. The SMILES string of the molecule is CC1CN(C)CCC1Nc1cnn(C)c(=O)c1Cl. The van der Waals surface area contributed by atoms with Gasteiger partial charge in [0.05, 0.1) is 11.9 Å². The van der Waals surface area contributed by atoms with Gasteiger partial charge in [0.25, 0.3) is 5.56 Å².